The summed E-state index contributed by atoms with van der Waals surface area (Å²) >= 11 is 0. The molecule has 5 rings (SSSR count). The smallest absolute Gasteiger partial charge is 0.239 e. The topological polar surface area (TPSA) is 78.4 Å². The number of hydrogen-bond acceptors (Lipinski definition) is 3. The Morgan fingerprint density at radius 2 is 1.60 bits per heavy atom. The van der Waals surface area contributed by atoms with E-state index in [1.807, 2.05) is 6.92 Å². The standard InChI is InChI=1S/C20H32N2O3/c1-19(12-23,16-2-3-16)22-18(25)11-21-17(24)10-20-7-13-4-14(8-20)6-15(5-13)9-20/h13-16,23H,2-12H2,1H3,(H,21,24)(H,22,25). The molecule has 0 aromatic rings. The zero-order chi connectivity index (χ0) is 17.7. The molecule has 0 aliphatic heterocycles. The first-order valence-corrected chi connectivity index (χ1v) is 10.1. The summed E-state index contributed by atoms with van der Waals surface area (Å²) in [5.41, 5.74) is -0.329. The third-order valence-corrected chi connectivity index (χ3v) is 7.38. The third kappa shape index (κ3) is 3.57. The van der Waals surface area contributed by atoms with Gasteiger partial charge in [-0.05, 0) is 87.4 Å². The van der Waals surface area contributed by atoms with Gasteiger partial charge in [0.05, 0.1) is 18.7 Å². The molecule has 0 heterocycles. The second kappa shape index (κ2) is 6.26. The summed E-state index contributed by atoms with van der Waals surface area (Å²) in [6.07, 6.45) is 10.5. The predicted octanol–water partition coefficient (Wildman–Crippen LogP) is 1.99. The van der Waals surface area contributed by atoms with Crippen molar-refractivity contribution < 1.29 is 14.7 Å². The van der Waals surface area contributed by atoms with Crippen LogP contribution in [0.1, 0.15) is 64.7 Å². The highest BCUT2D eigenvalue weighted by Crippen LogP contribution is 2.61. The second-order valence-corrected chi connectivity index (χ2v) is 9.77. The number of rotatable bonds is 7. The van der Waals surface area contributed by atoms with Crippen LogP contribution < -0.4 is 10.6 Å². The van der Waals surface area contributed by atoms with Gasteiger partial charge in [0, 0.05) is 6.42 Å². The largest absolute Gasteiger partial charge is 0.394 e. The van der Waals surface area contributed by atoms with E-state index in [4.69, 9.17) is 0 Å². The molecule has 5 aliphatic carbocycles. The monoisotopic (exact) mass is 348 g/mol. The van der Waals surface area contributed by atoms with E-state index in [9.17, 15) is 14.7 Å². The van der Waals surface area contributed by atoms with Crippen molar-refractivity contribution in [2.24, 2.45) is 29.1 Å². The lowest BCUT2D eigenvalue weighted by atomic mass is 9.49. The Kier molecular flexibility index (Phi) is 4.33. The number of nitrogens with one attached hydrogen (secondary N) is 2. The van der Waals surface area contributed by atoms with Crippen LogP contribution in [0, 0.1) is 29.1 Å². The molecular formula is C20H32N2O3. The Labute approximate surface area is 150 Å². The van der Waals surface area contributed by atoms with Crippen LogP contribution in [0.15, 0.2) is 0 Å². The molecule has 4 bridgehead atoms. The van der Waals surface area contributed by atoms with Gasteiger partial charge in [-0.3, -0.25) is 9.59 Å². The SMILES string of the molecule is CC(CO)(NC(=O)CNC(=O)CC12CC3CC(CC(C3)C1)C2)C1CC1. The molecule has 5 fully saturated rings. The first kappa shape index (κ1) is 17.3. The van der Waals surface area contributed by atoms with Gasteiger partial charge >= 0.3 is 0 Å². The van der Waals surface area contributed by atoms with Crippen LogP contribution in [-0.4, -0.2) is 35.6 Å². The van der Waals surface area contributed by atoms with E-state index in [0.717, 1.165) is 30.6 Å². The number of carbonyl (C=O) groups is 2. The number of amides is 2. The maximum absolute atomic E-state index is 12.5. The highest BCUT2D eigenvalue weighted by molar-refractivity contribution is 5.85. The predicted molar refractivity (Wildman–Crippen MR) is 94.6 cm³/mol. The van der Waals surface area contributed by atoms with Crippen molar-refractivity contribution >= 4 is 11.8 Å². The van der Waals surface area contributed by atoms with E-state index in [-0.39, 0.29) is 30.4 Å². The Bertz CT molecular complexity index is 522. The number of aliphatic hydroxyl groups excluding tert-OH is 1. The minimum absolute atomic E-state index is 0.0213. The molecule has 5 heteroatoms. The van der Waals surface area contributed by atoms with E-state index in [2.05, 4.69) is 10.6 Å². The van der Waals surface area contributed by atoms with Crippen LogP contribution in [-0.2, 0) is 9.59 Å². The first-order valence-electron chi connectivity index (χ1n) is 10.1. The summed E-state index contributed by atoms with van der Waals surface area (Å²) in [7, 11) is 0. The van der Waals surface area contributed by atoms with Crippen molar-refractivity contribution in [1.82, 2.24) is 10.6 Å². The van der Waals surface area contributed by atoms with Crippen molar-refractivity contribution in [3.8, 4) is 0 Å². The Balaban J connectivity index is 1.26. The van der Waals surface area contributed by atoms with Gasteiger partial charge in [0.2, 0.25) is 11.8 Å². The van der Waals surface area contributed by atoms with E-state index >= 15 is 0 Å². The van der Waals surface area contributed by atoms with Gasteiger partial charge in [0.25, 0.3) is 0 Å². The summed E-state index contributed by atoms with van der Waals surface area (Å²) in [6.45, 7) is 1.86. The van der Waals surface area contributed by atoms with E-state index in [1.54, 1.807) is 0 Å². The zero-order valence-electron chi connectivity index (χ0n) is 15.4. The lowest BCUT2D eigenvalue weighted by Gasteiger charge is -2.56. The van der Waals surface area contributed by atoms with Crippen LogP contribution in [0.3, 0.4) is 0 Å². The summed E-state index contributed by atoms with van der Waals surface area (Å²) in [5, 5.41) is 15.3. The minimum Gasteiger partial charge on any atom is -0.394 e. The van der Waals surface area contributed by atoms with Gasteiger partial charge in [-0.2, -0.15) is 0 Å². The molecular weight excluding hydrogens is 316 g/mol. The molecule has 2 amide bonds. The van der Waals surface area contributed by atoms with Gasteiger partial charge in [-0.15, -0.1) is 0 Å². The fraction of sp³-hybridized carbons (Fsp3) is 0.900. The minimum atomic E-state index is -0.540. The van der Waals surface area contributed by atoms with E-state index in [0.29, 0.717) is 12.3 Å². The number of hydrogen-bond donors (Lipinski definition) is 3. The fourth-order valence-electron chi connectivity index (χ4n) is 6.44. The lowest BCUT2D eigenvalue weighted by molar-refractivity contribution is -0.132. The Hall–Kier alpha value is -1.10. The maximum Gasteiger partial charge on any atom is 0.239 e. The highest BCUT2D eigenvalue weighted by Gasteiger charge is 2.51. The summed E-state index contributed by atoms with van der Waals surface area (Å²) in [4.78, 5) is 24.7. The van der Waals surface area contributed by atoms with Crippen molar-refractivity contribution in [3.05, 3.63) is 0 Å². The van der Waals surface area contributed by atoms with Gasteiger partial charge in [0.15, 0.2) is 0 Å². The van der Waals surface area contributed by atoms with Crippen molar-refractivity contribution in [1.29, 1.82) is 0 Å². The molecule has 5 aliphatic rings. The van der Waals surface area contributed by atoms with Gasteiger partial charge in [0.1, 0.15) is 0 Å². The highest BCUT2D eigenvalue weighted by atomic mass is 16.3. The molecule has 0 spiro atoms. The van der Waals surface area contributed by atoms with Crippen molar-refractivity contribution in [2.45, 2.75) is 70.3 Å². The van der Waals surface area contributed by atoms with Crippen LogP contribution in [0.4, 0.5) is 0 Å². The van der Waals surface area contributed by atoms with Gasteiger partial charge < -0.3 is 15.7 Å². The molecule has 0 saturated heterocycles. The molecule has 25 heavy (non-hydrogen) atoms. The average Bonchev–Trinajstić information content (AvgIpc) is 3.36. The molecule has 1 unspecified atom stereocenters. The second-order valence-electron chi connectivity index (χ2n) is 9.77. The molecule has 1 atom stereocenters. The molecule has 0 radical (unpaired) electrons. The quantitative estimate of drug-likeness (QED) is 0.658. The van der Waals surface area contributed by atoms with Gasteiger partial charge in [-0.25, -0.2) is 0 Å². The fourth-order valence-corrected chi connectivity index (χ4v) is 6.44. The van der Waals surface area contributed by atoms with Crippen LogP contribution in [0.5, 0.6) is 0 Å². The van der Waals surface area contributed by atoms with Crippen LogP contribution in [0.2, 0.25) is 0 Å². The van der Waals surface area contributed by atoms with E-state index in [1.165, 1.54) is 38.5 Å². The van der Waals surface area contributed by atoms with Crippen LogP contribution in [0.25, 0.3) is 0 Å². The Morgan fingerprint density at radius 1 is 1.04 bits per heavy atom. The molecule has 5 saturated carbocycles. The first-order chi connectivity index (χ1) is 11.9. The molecule has 0 aromatic carbocycles. The molecule has 5 nitrogen and oxygen atoms in total. The molecule has 140 valence electrons. The van der Waals surface area contributed by atoms with E-state index < -0.39 is 5.54 Å². The summed E-state index contributed by atoms with van der Waals surface area (Å²) in [5.74, 6) is 2.71. The lowest BCUT2D eigenvalue weighted by Crippen LogP contribution is -2.53. The zero-order valence-corrected chi connectivity index (χ0v) is 15.4. The molecule has 3 N–H and O–H groups in total. The number of carbonyl (C=O) groups excluding carboxylic acids is 2. The Morgan fingerprint density at radius 3 is 2.08 bits per heavy atom. The van der Waals surface area contributed by atoms with Gasteiger partial charge in [-0.1, -0.05) is 0 Å². The van der Waals surface area contributed by atoms with Crippen LogP contribution >= 0.6 is 0 Å². The summed E-state index contributed by atoms with van der Waals surface area (Å²) < 4.78 is 0. The maximum atomic E-state index is 12.5. The number of aliphatic hydroxyl groups is 1. The molecule has 0 aromatic heterocycles. The summed E-state index contributed by atoms with van der Waals surface area (Å²) in [6, 6.07) is 0. The van der Waals surface area contributed by atoms with Crippen molar-refractivity contribution in [2.75, 3.05) is 13.2 Å². The third-order valence-electron chi connectivity index (χ3n) is 7.38. The van der Waals surface area contributed by atoms with Crippen molar-refractivity contribution in [3.63, 3.8) is 0 Å². The average molecular weight is 348 g/mol. The normalized spacial score (nSPS) is 38.2.